The van der Waals surface area contributed by atoms with Crippen LogP contribution in [0.2, 0.25) is 0 Å². The van der Waals surface area contributed by atoms with Crippen LogP contribution in [0.4, 0.5) is 0 Å². The molecule has 0 atom stereocenters. The van der Waals surface area contributed by atoms with E-state index in [1.165, 1.54) is 120 Å². The van der Waals surface area contributed by atoms with Crippen molar-refractivity contribution in [3.05, 3.63) is 97.1 Å². The molecule has 8 heterocycles. The van der Waals surface area contributed by atoms with Gasteiger partial charge in [0.05, 0.1) is 15.0 Å². The van der Waals surface area contributed by atoms with Crippen molar-refractivity contribution < 1.29 is 14.0 Å². The number of aryl methyl sites for hydroxylation is 2. The summed E-state index contributed by atoms with van der Waals surface area (Å²) < 4.78 is 19.5. The molecule has 0 aromatic carbocycles. The van der Waals surface area contributed by atoms with Gasteiger partial charge in [0.25, 0.3) is 0 Å². The molecule has 11 heteroatoms. The first kappa shape index (κ1) is 46.7. The smallest absolute Gasteiger partial charge is 0.399 e. The minimum Gasteiger partial charge on any atom is -0.399 e. The average Bonchev–Trinajstić information content (AvgIpc) is 4.03. The number of hydrogen-bond donors (Lipinski definition) is 0. The molecular formula is C46H60BBrO3S6. The molecule has 0 aliphatic carbocycles. The molecule has 308 valence electrons. The van der Waals surface area contributed by atoms with Crippen LogP contribution in [0.3, 0.4) is 0 Å². The number of rotatable bonds is 14. The predicted octanol–water partition coefficient (Wildman–Crippen LogP) is 16.5. The molecule has 57 heavy (non-hydrogen) atoms. The van der Waals surface area contributed by atoms with Crippen LogP contribution in [0, 0.1) is 0 Å². The van der Waals surface area contributed by atoms with Gasteiger partial charge in [0.2, 0.25) is 0 Å². The fraction of sp³-hybridized carbons (Fsp3) is 0.478. The third-order valence-electron chi connectivity index (χ3n) is 10.2. The van der Waals surface area contributed by atoms with E-state index >= 15 is 0 Å². The van der Waals surface area contributed by atoms with Gasteiger partial charge in [-0.2, -0.15) is 0 Å². The van der Waals surface area contributed by atoms with Gasteiger partial charge in [-0.05, 0) is 148 Å². The van der Waals surface area contributed by atoms with Gasteiger partial charge in [0.1, 0.15) is 0 Å². The van der Waals surface area contributed by atoms with E-state index in [4.69, 9.17) is 14.0 Å². The highest BCUT2D eigenvalue weighted by Crippen LogP contribution is 2.40. The monoisotopic (exact) mass is 942 g/mol. The quantitative estimate of drug-likeness (QED) is 0.0804. The first-order valence-electron chi connectivity index (χ1n) is 20.6. The number of unbranched alkanes of at least 4 members (excludes halogenated alkanes) is 6. The van der Waals surface area contributed by atoms with Crippen molar-refractivity contribution in [2.45, 2.75) is 130 Å². The number of hydrogen-bond acceptors (Lipinski definition) is 9. The molecular weight excluding hydrogens is 884 g/mol. The van der Waals surface area contributed by atoms with E-state index < -0.39 is 0 Å². The van der Waals surface area contributed by atoms with Crippen molar-refractivity contribution in [3.63, 3.8) is 0 Å². The van der Waals surface area contributed by atoms with E-state index in [0.29, 0.717) is 0 Å². The van der Waals surface area contributed by atoms with Crippen molar-refractivity contribution in [3.8, 4) is 29.3 Å². The fourth-order valence-electron chi connectivity index (χ4n) is 6.10. The summed E-state index contributed by atoms with van der Waals surface area (Å²) in [6, 6.07) is 26.3. The lowest BCUT2D eigenvalue weighted by Gasteiger charge is -2.32. The highest BCUT2D eigenvalue weighted by atomic mass is 79.9. The molecule has 0 N–H and O–H groups in total. The Hall–Kier alpha value is -1.38. The molecule has 2 fully saturated rings. The Labute approximate surface area is 376 Å². The molecule has 2 saturated heterocycles. The predicted molar refractivity (Wildman–Crippen MR) is 262 cm³/mol. The first-order valence-corrected chi connectivity index (χ1v) is 26.4. The molecule has 2 aliphatic heterocycles. The van der Waals surface area contributed by atoms with E-state index in [1.54, 1.807) is 22.7 Å². The van der Waals surface area contributed by atoms with Crippen LogP contribution in [0.15, 0.2) is 87.3 Å². The Morgan fingerprint density at radius 3 is 1.53 bits per heavy atom. The van der Waals surface area contributed by atoms with Gasteiger partial charge >= 0.3 is 7.12 Å². The minimum atomic E-state index is -0.273. The third-order valence-corrected chi connectivity index (χ3v) is 17.5. The molecule has 0 spiro atoms. The zero-order valence-electron chi connectivity index (χ0n) is 34.6. The van der Waals surface area contributed by atoms with Crippen molar-refractivity contribution in [2.75, 3.05) is 13.2 Å². The normalized spacial score (nSPS) is 15.4. The second-order valence-corrected chi connectivity index (χ2v) is 23.1. The van der Waals surface area contributed by atoms with Gasteiger partial charge in [0, 0.05) is 57.0 Å². The summed E-state index contributed by atoms with van der Waals surface area (Å²) in [6.07, 6.45) is 15.9. The van der Waals surface area contributed by atoms with Gasteiger partial charge in [-0.3, -0.25) is 0 Å². The summed E-state index contributed by atoms with van der Waals surface area (Å²) >= 11 is 14.5. The summed E-state index contributed by atoms with van der Waals surface area (Å²) in [5.74, 6) is 0. The lowest BCUT2D eigenvalue weighted by molar-refractivity contribution is 0.00578. The van der Waals surface area contributed by atoms with E-state index in [9.17, 15) is 0 Å². The maximum absolute atomic E-state index is 6.07. The molecule has 8 rings (SSSR count). The van der Waals surface area contributed by atoms with Gasteiger partial charge in [-0.25, -0.2) is 0 Å². The minimum absolute atomic E-state index is 0.247. The van der Waals surface area contributed by atoms with Crippen LogP contribution in [0.1, 0.15) is 116 Å². The average molecular weight is 944 g/mol. The zero-order valence-corrected chi connectivity index (χ0v) is 41.1. The van der Waals surface area contributed by atoms with E-state index in [1.807, 2.05) is 45.3 Å². The Bertz CT molecular complexity index is 1920. The maximum atomic E-state index is 6.07. The Balaban J connectivity index is 0.000000158. The summed E-state index contributed by atoms with van der Waals surface area (Å²) in [5, 5.41) is 4.25. The fourth-order valence-corrected chi connectivity index (χ4v) is 12.4. The molecule has 0 radical (unpaired) electrons. The SMILES string of the molecule is C1CCOC1.CC1(C)OB(c2ccc(-c3cccs3)s2)OC1(C)C.CCCCCCc1ccc(-c2ccc(-c3cccs3)s2)s1.CCCCCCc1ccc(Br)s1. The molecule has 0 unspecified atom stereocenters. The molecule has 6 aromatic rings. The molecule has 6 aromatic heterocycles. The van der Waals surface area contributed by atoms with Crippen LogP contribution in [-0.4, -0.2) is 31.5 Å². The maximum Gasteiger partial charge on any atom is 0.505 e. The van der Waals surface area contributed by atoms with Crippen molar-refractivity contribution in [1.29, 1.82) is 0 Å². The molecule has 0 bridgehead atoms. The lowest BCUT2D eigenvalue weighted by atomic mass is 9.88. The standard InChI is InChI=1S/C18H20S3.C14H17BO2S2.C10H15BrS.C4H8O/c1-2-3-4-5-7-14-9-10-17(20-14)18-12-11-16(21-18)15-8-6-13-19-15;1-13(2)14(3,4)17-15(16-13)12-8-7-11(19-12)10-6-5-9-18-10;1-2-3-4-5-6-9-7-8-10(11)12-9;1-2-4-5-3-1/h6,8-13H,2-5,7H2,1H3;5-9H,1-4H3;7-8H,2-6H2,1H3;1-4H2. The molecule has 0 amide bonds. The Morgan fingerprint density at radius 1 is 0.544 bits per heavy atom. The lowest BCUT2D eigenvalue weighted by Crippen LogP contribution is -2.41. The summed E-state index contributed by atoms with van der Waals surface area (Å²) in [6.45, 7) is 14.9. The summed E-state index contributed by atoms with van der Waals surface area (Å²) in [7, 11) is -0.247. The second kappa shape index (κ2) is 24.2. The van der Waals surface area contributed by atoms with Gasteiger partial charge in [0.15, 0.2) is 0 Å². The number of thiophene rings is 6. The van der Waals surface area contributed by atoms with Crippen LogP contribution in [0.5, 0.6) is 0 Å². The van der Waals surface area contributed by atoms with Crippen LogP contribution in [0.25, 0.3) is 29.3 Å². The van der Waals surface area contributed by atoms with Gasteiger partial charge < -0.3 is 14.0 Å². The topological polar surface area (TPSA) is 27.7 Å². The first-order chi connectivity index (χ1) is 27.6. The molecule has 0 saturated carbocycles. The summed E-state index contributed by atoms with van der Waals surface area (Å²) in [4.78, 5) is 11.2. The van der Waals surface area contributed by atoms with Crippen molar-refractivity contribution in [2.24, 2.45) is 0 Å². The third kappa shape index (κ3) is 14.9. The van der Waals surface area contributed by atoms with Crippen molar-refractivity contribution in [1.82, 2.24) is 0 Å². The van der Waals surface area contributed by atoms with E-state index in [2.05, 4.69) is 141 Å². The highest BCUT2D eigenvalue weighted by Gasteiger charge is 2.52. The molecule has 3 nitrogen and oxygen atoms in total. The van der Waals surface area contributed by atoms with Gasteiger partial charge in [-0.1, -0.05) is 70.6 Å². The van der Waals surface area contributed by atoms with E-state index in [-0.39, 0.29) is 18.3 Å². The van der Waals surface area contributed by atoms with Crippen molar-refractivity contribution >= 4 is 95.8 Å². The number of ether oxygens (including phenoxy) is 1. The van der Waals surface area contributed by atoms with Gasteiger partial charge in [-0.15, -0.1) is 68.0 Å². The zero-order chi connectivity index (χ0) is 40.5. The Kier molecular flexibility index (Phi) is 19.8. The molecule has 2 aliphatic rings. The van der Waals surface area contributed by atoms with Crippen LogP contribution >= 0.6 is 84.0 Å². The van der Waals surface area contributed by atoms with Crippen LogP contribution < -0.4 is 4.78 Å². The largest absolute Gasteiger partial charge is 0.505 e. The van der Waals surface area contributed by atoms with E-state index in [0.717, 1.165) is 18.0 Å². The second-order valence-electron chi connectivity index (χ2n) is 15.3. The van der Waals surface area contributed by atoms with Crippen LogP contribution in [-0.2, 0) is 26.9 Å². The Morgan fingerprint density at radius 2 is 1.04 bits per heavy atom. The summed E-state index contributed by atoms with van der Waals surface area (Å²) in [5.41, 5.74) is -0.546. The number of halogens is 1. The highest BCUT2D eigenvalue weighted by molar-refractivity contribution is 9.11.